The number of carboxylic acid groups (broad SMARTS) is 1. The van der Waals surface area contributed by atoms with Crippen LogP contribution in [0.3, 0.4) is 0 Å². The number of rotatable bonds is 3. The maximum absolute atomic E-state index is 14.3. The summed E-state index contributed by atoms with van der Waals surface area (Å²) in [6, 6.07) is 19.7. The molecule has 0 N–H and O–H groups in total. The number of benzene rings is 3. The minimum Gasteiger partial charge on any atom is -0.542 e. The van der Waals surface area contributed by atoms with Crippen LogP contribution in [0.15, 0.2) is 87.5 Å². The van der Waals surface area contributed by atoms with Crippen LogP contribution in [0.5, 0.6) is 0 Å². The fourth-order valence-corrected chi connectivity index (χ4v) is 4.32. The molecule has 152 valence electrons. The second-order valence-electron chi connectivity index (χ2n) is 5.42. The van der Waals surface area contributed by atoms with Crippen LogP contribution in [0, 0.1) is 17.5 Å². The lowest BCUT2D eigenvalue weighted by Gasteiger charge is -2.09. The van der Waals surface area contributed by atoms with Gasteiger partial charge in [-0.1, -0.05) is 36.4 Å². The van der Waals surface area contributed by atoms with Gasteiger partial charge in [0.05, 0.1) is 0 Å². The van der Waals surface area contributed by atoms with Crippen LogP contribution in [0.4, 0.5) is 26.3 Å². The fourth-order valence-electron chi connectivity index (χ4n) is 2.21. The number of carbonyl (C=O) groups excluding carboxylic acids is 1. The Labute approximate surface area is 164 Å². The van der Waals surface area contributed by atoms with Gasteiger partial charge in [-0.2, -0.15) is 13.2 Å². The summed E-state index contributed by atoms with van der Waals surface area (Å²) in [5, 5.41) is 8.78. The van der Waals surface area contributed by atoms with Crippen molar-refractivity contribution in [2.24, 2.45) is 0 Å². The highest BCUT2D eigenvalue weighted by molar-refractivity contribution is 7.97. The summed E-state index contributed by atoms with van der Waals surface area (Å²) in [5.41, 5.74) is 0. The molecule has 9 heteroatoms. The van der Waals surface area contributed by atoms with Gasteiger partial charge in [0, 0.05) is 12.1 Å². The van der Waals surface area contributed by atoms with Gasteiger partial charge >= 0.3 is 6.18 Å². The van der Waals surface area contributed by atoms with Crippen molar-refractivity contribution in [3.05, 3.63) is 90.2 Å². The van der Waals surface area contributed by atoms with Crippen molar-refractivity contribution in [2.45, 2.75) is 20.9 Å². The zero-order valence-corrected chi connectivity index (χ0v) is 15.2. The van der Waals surface area contributed by atoms with Gasteiger partial charge in [-0.25, -0.2) is 13.2 Å². The normalized spacial score (nSPS) is 11.0. The van der Waals surface area contributed by atoms with Crippen molar-refractivity contribution in [1.82, 2.24) is 0 Å². The van der Waals surface area contributed by atoms with E-state index < -0.39 is 40.5 Å². The minimum absolute atomic E-state index is 0.112. The van der Waals surface area contributed by atoms with Crippen molar-refractivity contribution in [1.29, 1.82) is 0 Å². The number of aliphatic carboxylic acids is 1. The van der Waals surface area contributed by atoms with E-state index in [1.165, 1.54) is 0 Å². The number of carbonyl (C=O) groups is 1. The minimum atomic E-state index is -5.19. The van der Waals surface area contributed by atoms with Crippen molar-refractivity contribution in [2.75, 3.05) is 0 Å². The third-order valence-electron chi connectivity index (χ3n) is 3.36. The molecule has 0 heterocycles. The predicted octanol–water partition coefficient (Wildman–Crippen LogP) is 4.50. The van der Waals surface area contributed by atoms with Gasteiger partial charge in [-0.3, -0.25) is 0 Å². The molecule has 29 heavy (non-hydrogen) atoms. The maximum atomic E-state index is 14.3. The molecule has 0 aliphatic rings. The molecule has 3 aromatic carbocycles. The van der Waals surface area contributed by atoms with Gasteiger partial charge in [0.15, 0.2) is 21.4 Å². The Balaban J connectivity index is 0.000000370. The fraction of sp³-hybridized carbons (Fsp3) is 0.0500. The highest BCUT2D eigenvalue weighted by Crippen LogP contribution is 2.34. The molecule has 0 saturated carbocycles. The van der Waals surface area contributed by atoms with E-state index >= 15 is 0 Å². The van der Waals surface area contributed by atoms with Crippen LogP contribution in [-0.4, -0.2) is 12.1 Å². The molecule has 0 aliphatic carbocycles. The molecule has 0 saturated heterocycles. The second kappa shape index (κ2) is 9.51. The van der Waals surface area contributed by atoms with Gasteiger partial charge in [-0.05, 0) is 24.3 Å². The first-order chi connectivity index (χ1) is 13.6. The molecule has 0 radical (unpaired) electrons. The lowest BCUT2D eigenvalue weighted by molar-refractivity contribution is -0.344. The summed E-state index contributed by atoms with van der Waals surface area (Å²) in [4.78, 5) is 10.2. The Morgan fingerprint density at radius 3 is 1.41 bits per heavy atom. The number of alkyl halides is 3. The molecule has 2 nitrogen and oxygen atoms in total. The monoisotopic (exact) mass is 430 g/mol. The molecule has 0 atom stereocenters. The van der Waals surface area contributed by atoms with E-state index in [1.54, 1.807) is 0 Å². The highest BCUT2D eigenvalue weighted by atomic mass is 32.2. The van der Waals surface area contributed by atoms with Crippen LogP contribution >= 0.6 is 0 Å². The van der Waals surface area contributed by atoms with Crippen molar-refractivity contribution >= 4 is 16.9 Å². The van der Waals surface area contributed by atoms with Crippen LogP contribution in [0.25, 0.3) is 0 Å². The van der Waals surface area contributed by atoms with Gasteiger partial charge < -0.3 is 9.90 Å². The van der Waals surface area contributed by atoms with Crippen LogP contribution in [0.1, 0.15) is 0 Å². The third-order valence-corrected chi connectivity index (χ3v) is 5.64. The molecule has 0 bridgehead atoms. The Bertz CT molecular complexity index is 899. The summed E-state index contributed by atoms with van der Waals surface area (Å²) in [6.45, 7) is 0. The number of carboxylic acids is 1. The number of hydrogen-bond acceptors (Lipinski definition) is 2. The molecule has 0 unspecified atom stereocenters. The van der Waals surface area contributed by atoms with E-state index in [0.29, 0.717) is 0 Å². The Morgan fingerprint density at radius 1 is 0.759 bits per heavy atom. The zero-order chi connectivity index (χ0) is 21.6. The van der Waals surface area contributed by atoms with Gasteiger partial charge in [0.25, 0.3) is 0 Å². The summed E-state index contributed by atoms with van der Waals surface area (Å²) < 4.78 is 73.3. The molecule has 0 aliphatic heterocycles. The molecule has 0 fully saturated rings. The highest BCUT2D eigenvalue weighted by Gasteiger charge is 2.35. The molecule has 0 spiro atoms. The number of hydrogen-bond donors (Lipinski definition) is 0. The first kappa shape index (κ1) is 22.4. The summed E-state index contributed by atoms with van der Waals surface area (Å²) >= 11 is 0. The van der Waals surface area contributed by atoms with E-state index in [9.17, 15) is 26.3 Å². The smallest absolute Gasteiger partial charge is 0.430 e. The van der Waals surface area contributed by atoms with E-state index in [1.807, 2.05) is 60.7 Å². The van der Waals surface area contributed by atoms with E-state index in [0.717, 1.165) is 21.9 Å². The zero-order valence-electron chi connectivity index (χ0n) is 14.4. The van der Waals surface area contributed by atoms with Crippen molar-refractivity contribution in [3.8, 4) is 0 Å². The van der Waals surface area contributed by atoms with Crippen LogP contribution in [0.2, 0.25) is 0 Å². The quantitative estimate of drug-likeness (QED) is 0.454. The first-order valence-electron chi connectivity index (χ1n) is 7.88. The SMILES string of the molecule is Fc1cc(F)c([S+](c2ccccc2)c2ccccc2)c(F)c1.O=C([O-])C(F)(F)F. The predicted molar refractivity (Wildman–Crippen MR) is 92.4 cm³/mol. The third kappa shape index (κ3) is 6.02. The van der Waals surface area contributed by atoms with Gasteiger partial charge in [0.1, 0.15) is 22.7 Å². The largest absolute Gasteiger partial charge is 0.542 e. The van der Waals surface area contributed by atoms with E-state index in [4.69, 9.17) is 9.90 Å². The first-order valence-corrected chi connectivity index (χ1v) is 9.11. The van der Waals surface area contributed by atoms with Crippen LogP contribution in [-0.2, 0) is 15.7 Å². The maximum Gasteiger partial charge on any atom is 0.430 e. The molecule has 0 amide bonds. The molecular weight excluding hydrogens is 418 g/mol. The van der Waals surface area contributed by atoms with Crippen molar-refractivity contribution < 1.29 is 36.2 Å². The van der Waals surface area contributed by atoms with E-state index in [-0.39, 0.29) is 4.90 Å². The Kier molecular flexibility index (Phi) is 7.33. The number of halogens is 6. The van der Waals surface area contributed by atoms with Gasteiger partial charge in [-0.15, -0.1) is 0 Å². The average molecular weight is 430 g/mol. The van der Waals surface area contributed by atoms with E-state index in [2.05, 4.69) is 0 Å². The lowest BCUT2D eigenvalue weighted by Crippen LogP contribution is -2.37. The van der Waals surface area contributed by atoms with Crippen molar-refractivity contribution in [3.63, 3.8) is 0 Å². The lowest BCUT2D eigenvalue weighted by atomic mass is 10.3. The molecule has 0 aromatic heterocycles. The molecular formula is C20H12F6O2S. The molecule has 3 aromatic rings. The standard InChI is InChI=1S/C18H12F3S.C2HF3O2/c19-13-11-16(20)18(17(21)12-13)22(14-7-3-1-4-8-14)15-9-5-2-6-10-15;3-2(4,5)1(6)7/h1-12H;(H,6,7)/q+1;/p-1. The van der Waals surface area contributed by atoms with Crippen LogP contribution < -0.4 is 5.11 Å². The molecule has 3 rings (SSSR count). The van der Waals surface area contributed by atoms with Gasteiger partial charge in [0.2, 0.25) is 4.90 Å². The Hall–Kier alpha value is -2.94. The Morgan fingerprint density at radius 2 is 1.10 bits per heavy atom. The topological polar surface area (TPSA) is 40.1 Å². The summed E-state index contributed by atoms with van der Waals surface area (Å²) in [5.74, 6) is -5.65. The average Bonchev–Trinajstić information content (AvgIpc) is 2.65. The summed E-state index contributed by atoms with van der Waals surface area (Å²) in [6.07, 6.45) is -5.19. The summed E-state index contributed by atoms with van der Waals surface area (Å²) in [7, 11) is -0.963. The second-order valence-corrected chi connectivity index (χ2v) is 7.38.